The number of carbonyl (C=O) groups is 1. The van der Waals surface area contributed by atoms with Crippen LogP contribution in [0.25, 0.3) is 0 Å². The van der Waals surface area contributed by atoms with E-state index in [0.717, 1.165) is 29.1 Å². The number of urea groups is 1. The van der Waals surface area contributed by atoms with Gasteiger partial charge in [0.2, 0.25) is 0 Å². The second-order valence-corrected chi connectivity index (χ2v) is 6.26. The van der Waals surface area contributed by atoms with Crippen LogP contribution in [0.4, 0.5) is 29.3 Å². The quantitative estimate of drug-likeness (QED) is 0.860. The first kappa shape index (κ1) is 18.1. The van der Waals surface area contributed by atoms with Crippen molar-refractivity contribution in [3.05, 3.63) is 59.7 Å². The molecule has 0 saturated carbocycles. The minimum atomic E-state index is -4.33. The van der Waals surface area contributed by atoms with Crippen LogP contribution in [-0.2, 0) is 6.18 Å². The molecule has 0 bridgehead atoms. The van der Waals surface area contributed by atoms with Gasteiger partial charge < -0.3 is 15.1 Å². The number of aryl methyl sites for hydroxylation is 1. The monoisotopic (exact) mass is 363 g/mol. The lowest BCUT2D eigenvalue weighted by atomic mass is 10.1. The zero-order chi connectivity index (χ0) is 18.7. The second kappa shape index (κ2) is 7.27. The Balaban J connectivity index is 1.57. The molecule has 1 N–H and O–H groups in total. The number of nitrogens with one attached hydrogen (secondary N) is 1. The number of hydrogen-bond donors (Lipinski definition) is 1. The van der Waals surface area contributed by atoms with E-state index in [9.17, 15) is 18.0 Å². The molecular weight excluding hydrogens is 343 g/mol. The summed E-state index contributed by atoms with van der Waals surface area (Å²) in [7, 11) is 0. The standard InChI is InChI=1S/C19H20F3N3O/c1-14-4-2-3-5-17(14)23-18(26)25-12-10-24(11-13-25)16-8-6-15(7-9-16)19(20,21)22/h2-9H,10-13H2,1H3,(H,23,26). The van der Waals surface area contributed by atoms with Gasteiger partial charge in [0.1, 0.15) is 0 Å². The van der Waals surface area contributed by atoms with E-state index in [1.807, 2.05) is 36.1 Å². The molecule has 2 aromatic carbocycles. The number of piperazine rings is 1. The predicted molar refractivity (Wildman–Crippen MR) is 95.4 cm³/mol. The Bertz CT molecular complexity index is 766. The van der Waals surface area contributed by atoms with Gasteiger partial charge in [-0.25, -0.2) is 4.79 Å². The van der Waals surface area contributed by atoms with Crippen molar-refractivity contribution in [2.75, 3.05) is 36.4 Å². The number of hydrogen-bond acceptors (Lipinski definition) is 2. The predicted octanol–water partition coefficient (Wildman–Crippen LogP) is 4.37. The smallest absolute Gasteiger partial charge is 0.368 e. The molecule has 7 heteroatoms. The number of para-hydroxylation sites is 1. The van der Waals surface area contributed by atoms with Crippen molar-refractivity contribution in [1.29, 1.82) is 0 Å². The average molecular weight is 363 g/mol. The molecule has 2 aromatic rings. The SMILES string of the molecule is Cc1ccccc1NC(=O)N1CCN(c2ccc(C(F)(F)F)cc2)CC1. The fourth-order valence-corrected chi connectivity index (χ4v) is 2.94. The lowest BCUT2D eigenvalue weighted by Crippen LogP contribution is -2.50. The molecule has 0 unspecified atom stereocenters. The second-order valence-electron chi connectivity index (χ2n) is 6.26. The molecule has 1 aliphatic rings. The van der Waals surface area contributed by atoms with E-state index in [1.54, 1.807) is 4.90 Å². The maximum absolute atomic E-state index is 12.6. The maximum atomic E-state index is 12.6. The van der Waals surface area contributed by atoms with Gasteiger partial charge in [0.25, 0.3) is 0 Å². The minimum absolute atomic E-state index is 0.161. The fourth-order valence-electron chi connectivity index (χ4n) is 2.94. The van der Waals surface area contributed by atoms with E-state index in [0.29, 0.717) is 26.2 Å². The zero-order valence-corrected chi connectivity index (χ0v) is 14.4. The number of benzene rings is 2. The van der Waals surface area contributed by atoms with Crippen LogP contribution < -0.4 is 10.2 Å². The lowest BCUT2D eigenvalue weighted by Gasteiger charge is -2.36. The topological polar surface area (TPSA) is 35.6 Å². The Morgan fingerprint density at radius 2 is 1.58 bits per heavy atom. The zero-order valence-electron chi connectivity index (χ0n) is 14.4. The van der Waals surface area contributed by atoms with E-state index in [1.165, 1.54) is 12.1 Å². The first-order chi connectivity index (χ1) is 12.3. The number of anilines is 2. The molecule has 4 nitrogen and oxygen atoms in total. The summed E-state index contributed by atoms with van der Waals surface area (Å²) in [5.74, 6) is 0. The molecule has 1 heterocycles. The van der Waals surface area contributed by atoms with Crippen molar-refractivity contribution in [1.82, 2.24) is 4.90 Å². The van der Waals surface area contributed by atoms with Crippen LogP contribution >= 0.6 is 0 Å². The number of carbonyl (C=O) groups excluding carboxylic acids is 1. The van der Waals surface area contributed by atoms with Crippen molar-refractivity contribution in [3.63, 3.8) is 0 Å². The van der Waals surface area contributed by atoms with E-state index in [4.69, 9.17) is 0 Å². The highest BCUT2D eigenvalue weighted by Crippen LogP contribution is 2.30. The van der Waals surface area contributed by atoms with Gasteiger partial charge >= 0.3 is 12.2 Å². The summed E-state index contributed by atoms with van der Waals surface area (Å²) in [6, 6.07) is 12.5. The van der Waals surface area contributed by atoms with Crippen molar-refractivity contribution in [2.45, 2.75) is 13.1 Å². The van der Waals surface area contributed by atoms with Crippen molar-refractivity contribution < 1.29 is 18.0 Å². The summed E-state index contributed by atoms with van der Waals surface area (Å²) in [5.41, 5.74) is 1.85. The van der Waals surface area contributed by atoms with Crippen molar-refractivity contribution in [3.8, 4) is 0 Å². The average Bonchev–Trinajstić information content (AvgIpc) is 2.63. The Morgan fingerprint density at radius 3 is 2.15 bits per heavy atom. The van der Waals surface area contributed by atoms with Crippen LogP contribution in [0.1, 0.15) is 11.1 Å². The largest absolute Gasteiger partial charge is 0.416 e. The summed E-state index contributed by atoms with van der Waals surface area (Å²) in [6.07, 6.45) is -4.33. The van der Waals surface area contributed by atoms with Gasteiger partial charge in [-0.05, 0) is 42.8 Å². The molecular formula is C19H20F3N3O. The number of nitrogens with zero attached hydrogens (tertiary/aromatic N) is 2. The maximum Gasteiger partial charge on any atom is 0.416 e. The highest BCUT2D eigenvalue weighted by atomic mass is 19.4. The molecule has 3 rings (SSSR count). The van der Waals surface area contributed by atoms with E-state index >= 15 is 0 Å². The van der Waals surface area contributed by atoms with Gasteiger partial charge in [0.05, 0.1) is 5.56 Å². The van der Waals surface area contributed by atoms with Gasteiger partial charge in [-0.3, -0.25) is 0 Å². The Kier molecular flexibility index (Phi) is 5.06. The van der Waals surface area contributed by atoms with E-state index < -0.39 is 11.7 Å². The van der Waals surface area contributed by atoms with Crippen LogP contribution in [0.3, 0.4) is 0 Å². The Labute approximate surface area is 150 Å². The van der Waals surface area contributed by atoms with Gasteiger partial charge in [-0.1, -0.05) is 18.2 Å². The van der Waals surface area contributed by atoms with Gasteiger partial charge in [0.15, 0.2) is 0 Å². The Hall–Kier alpha value is -2.70. The molecule has 1 aliphatic heterocycles. The molecule has 1 saturated heterocycles. The van der Waals surface area contributed by atoms with E-state index in [2.05, 4.69) is 5.32 Å². The van der Waals surface area contributed by atoms with Crippen LogP contribution in [0.5, 0.6) is 0 Å². The number of alkyl halides is 3. The normalized spacial score (nSPS) is 15.1. The third-order valence-corrected chi connectivity index (χ3v) is 4.51. The molecule has 0 aliphatic carbocycles. The number of amides is 2. The van der Waals surface area contributed by atoms with Crippen LogP contribution in [-0.4, -0.2) is 37.1 Å². The molecule has 2 amide bonds. The van der Waals surface area contributed by atoms with Gasteiger partial charge in [0, 0.05) is 37.6 Å². The first-order valence-corrected chi connectivity index (χ1v) is 8.38. The molecule has 0 atom stereocenters. The molecule has 0 aromatic heterocycles. The molecule has 0 spiro atoms. The third kappa shape index (κ3) is 4.09. The highest BCUT2D eigenvalue weighted by Gasteiger charge is 2.30. The summed E-state index contributed by atoms with van der Waals surface area (Å²) in [5, 5.41) is 2.90. The lowest BCUT2D eigenvalue weighted by molar-refractivity contribution is -0.137. The van der Waals surface area contributed by atoms with E-state index in [-0.39, 0.29) is 6.03 Å². The molecule has 138 valence electrons. The van der Waals surface area contributed by atoms with Crippen LogP contribution in [0.15, 0.2) is 48.5 Å². The first-order valence-electron chi connectivity index (χ1n) is 8.38. The van der Waals surface area contributed by atoms with Crippen LogP contribution in [0, 0.1) is 6.92 Å². The minimum Gasteiger partial charge on any atom is -0.368 e. The summed E-state index contributed by atoms with van der Waals surface area (Å²) in [4.78, 5) is 16.1. The Morgan fingerprint density at radius 1 is 0.962 bits per heavy atom. The van der Waals surface area contributed by atoms with Crippen LogP contribution in [0.2, 0.25) is 0 Å². The fraction of sp³-hybridized carbons (Fsp3) is 0.316. The van der Waals surface area contributed by atoms with Crippen molar-refractivity contribution >= 4 is 17.4 Å². The molecule has 1 fully saturated rings. The highest BCUT2D eigenvalue weighted by molar-refractivity contribution is 5.90. The summed E-state index contributed by atoms with van der Waals surface area (Å²) in [6.45, 7) is 4.11. The number of halogens is 3. The molecule has 26 heavy (non-hydrogen) atoms. The van der Waals surface area contributed by atoms with Crippen molar-refractivity contribution in [2.24, 2.45) is 0 Å². The molecule has 0 radical (unpaired) electrons. The number of rotatable bonds is 2. The van der Waals surface area contributed by atoms with Gasteiger partial charge in [-0.2, -0.15) is 13.2 Å². The third-order valence-electron chi connectivity index (χ3n) is 4.51. The summed E-state index contributed by atoms with van der Waals surface area (Å²) >= 11 is 0. The summed E-state index contributed by atoms with van der Waals surface area (Å²) < 4.78 is 37.9. The van der Waals surface area contributed by atoms with Gasteiger partial charge in [-0.15, -0.1) is 0 Å².